The van der Waals surface area contributed by atoms with Crippen molar-refractivity contribution in [2.45, 2.75) is 12.5 Å². The lowest BCUT2D eigenvalue weighted by Crippen LogP contribution is -2.36. The Morgan fingerprint density at radius 3 is 2.61 bits per heavy atom. The molecule has 1 N–H and O–H groups in total. The summed E-state index contributed by atoms with van der Waals surface area (Å²) < 4.78 is 10.6. The summed E-state index contributed by atoms with van der Waals surface area (Å²) in [7, 11) is 3.29. The zero-order valence-electron chi connectivity index (χ0n) is 13.2. The number of ether oxygens (including phenoxy) is 2. The van der Waals surface area contributed by atoms with Crippen LogP contribution >= 0.6 is 11.3 Å². The fourth-order valence-electron chi connectivity index (χ4n) is 2.75. The molecule has 0 spiro atoms. The van der Waals surface area contributed by atoms with Crippen molar-refractivity contribution in [3.63, 3.8) is 0 Å². The zero-order chi connectivity index (χ0) is 16.2. The van der Waals surface area contributed by atoms with Gasteiger partial charge in [0.25, 0.3) is 5.91 Å². The van der Waals surface area contributed by atoms with Gasteiger partial charge in [0, 0.05) is 54.0 Å². The van der Waals surface area contributed by atoms with Crippen LogP contribution in [0.1, 0.15) is 16.8 Å². The summed E-state index contributed by atoms with van der Waals surface area (Å²) in [5, 5.41) is 6.89. The van der Waals surface area contributed by atoms with Crippen LogP contribution in [0.25, 0.3) is 0 Å². The number of amides is 1. The van der Waals surface area contributed by atoms with Gasteiger partial charge in [-0.15, -0.1) is 0 Å². The normalized spacial score (nSPS) is 17.1. The minimum Gasteiger partial charge on any atom is -0.497 e. The number of carbonyl (C=O) groups is 1. The van der Waals surface area contributed by atoms with E-state index in [0.717, 1.165) is 42.3 Å². The number of anilines is 1. The van der Waals surface area contributed by atoms with Gasteiger partial charge in [-0.25, -0.2) is 0 Å². The first-order valence-corrected chi connectivity index (χ1v) is 8.45. The van der Waals surface area contributed by atoms with Crippen molar-refractivity contribution < 1.29 is 14.3 Å². The van der Waals surface area contributed by atoms with Gasteiger partial charge >= 0.3 is 0 Å². The van der Waals surface area contributed by atoms with Crippen LogP contribution in [0.4, 0.5) is 5.69 Å². The number of hydrogen-bond donors (Lipinski definition) is 1. The van der Waals surface area contributed by atoms with Crippen LogP contribution in [0.2, 0.25) is 0 Å². The molecule has 1 unspecified atom stereocenters. The predicted octanol–water partition coefficient (Wildman–Crippen LogP) is 2.77. The molecule has 3 rings (SSSR count). The smallest absolute Gasteiger partial charge is 0.252 e. The maximum absolute atomic E-state index is 12.1. The summed E-state index contributed by atoms with van der Waals surface area (Å²) in [4.78, 5) is 14.4. The lowest BCUT2D eigenvalue weighted by molar-refractivity contribution is 0.0941. The molecule has 6 heteroatoms. The van der Waals surface area contributed by atoms with Crippen LogP contribution < -0.4 is 19.7 Å². The molecule has 2 aromatic rings. The minimum atomic E-state index is 0.00122. The van der Waals surface area contributed by atoms with Crippen molar-refractivity contribution in [1.82, 2.24) is 5.32 Å². The fourth-order valence-corrected chi connectivity index (χ4v) is 3.39. The highest BCUT2D eigenvalue weighted by Crippen LogP contribution is 2.30. The van der Waals surface area contributed by atoms with Crippen molar-refractivity contribution in [1.29, 1.82) is 0 Å². The molecule has 1 saturated heterocycles. The molecular formula is C17H20N2O3S. The second-order valence-electron chi connectivity index (χ2n) is 5.49. The van der Waals surface area contributed by atoms with Gasteiger partial charge in [-0.05, 0) is 17.9 Å². The van der Waals surface area contributed by atoms with E-state index in [4.69, 9.17) is 9.47 Å². The third kappa shape index (κ3) is 3.59. The first-order valence-electron chi connectivity index (χ1n) is 7.50. The molecule has 0 saturated carbocycles. The highest BCUT2D eigenvalue weighted by Gasteiger charge is 2.25. The Hall–Kier alpha value is -2.21. The number of nitrogens with one attached hydrogen (secondary N) is 1. The van der Waals surface area contributed by atoms with Crippen molar-refractivity contribution in [2.75, 3.05) is 32.2 Å². The van der Waals surface area contributed by atoms with E-state index in [9.17, 15) is 4.79 Å². The Morgan fingerprint density at radius 2 is 2.00 bits per heavy atom. The number of nitrogens with zero attached hydrogens (tertiary/aromatic N) is 1. The number of thiophene rings is 1. The standard InChI is InChI=1S/C17H20N2O3S/c1-21-15-7-14(8-16(9-15)22-2)19-5-3-13(10-19)18-17(20)12-4-6-23-11-12/h4,6-9,11,13H,3,5,10H2,1-2H3,(H,18,20). The van der Waals surface area contributed by atoms with Gasteiger partial charge in [-0.3, -0.25) is 4.79 Å². The van der Waals surface area contributed by atoms with Gasteiger partial charge in [0.2, 0.25) is 0 Å². The number of methoxy groups -OCH3 is 2. The van der Waals surface area contributed by atoms with Crippen LogP contribution in [-0.4, -0.2) is 39.3 Å². The Bertz CT molecular complexity index is 650. The van der Waals surface area contributed by atoms with E-state index in [1.165, 1.54) is 11.3 Å². The molecule has 23 heavy (non-hydrogen) atoms. The van der Waals surface area contributed by atoms with Gasteiger partial charge in [0.1, 0.15) is 11.5 Å². The number of carbonyl (C=O) groups excluding carboxylic acids is 1. The zero-order valence-corrected chi connectivity index (χ0v) is 14.1. The monoisotopic (exact) mass is 332 g/mol. The van der Waals surface area contributed by atoms with Crippen LogP contribution in [0, 0.1) is 0 Å². The quantitative estimate of drug-likeness (QED) is 0.915. The number of rotatable bonds is 5. The Morgan fingerprint density at radius 1 is 1.26 bits per heavy atom. The van der Waals surface area contributed by atoms with Crippen LogP contribution in [0.5, 0.6) is 11.5 Å². The summed E-state index contributed by atoms with van der Waals surface area (Å²) in [6.45, 7) is 1.68. The van der Waals surface area contributed by atoms with Crippen molar-refractivity contribution >= 4 is 22.9 Å². The highest BCUT2D eigenvalue weighted by molar-refractivity contribution is 7.08. The Labute approximate surface area is 139 Å². The molecule has 5 nitrogen and oxygen atoms in total. The van der Waals surface area contributed by atoms with Crippen LogP contribution in [0.3, 0.4) is 0 Å². The first kappa shape index (κ1) is 15.7. The first-order chi connectivity index (χ1) is 11.2. The van der Waals surface area contributed by atoms with E-state index in [0.29, 0.717) is 0 Å². The van der Waals surface area contributed by atoms with E-state index in [-0.39, 0.29) is 11.9 Å². The molecule has 0 bridgehead atoms. The van der Waals surface area contributed by atoms with Gasteiger partial charge in [0.15, 0.2) is 0 Å². The molecule has 1 aliphatic rings. The SMILES string of the molecule is COc1cc(OC)cc(N2CCC(NC(=O)c3ccsc3)C2)c1. The van der Waals surface area contributed by atoms with Crippen LogP contribution in [0.15, 0.2) is 35.0 Å². The van der Waals surface area contributed by atoms with Crippen molar-refractivity contribution in [2.24, 2.45) is 0 Å². The molecule has 1 amide bonds. The van der Waals surface area contributed by atoms with Crippen molar-refractivity contribution in [3.8, 4) is 11.5 Å². The Balaban J connectivity index is 1.66. The lowest BCUT2D eigenvalue weighted by atomic mass is 10.2. The van der Waals surface area contributed by atoms with E-state index in [1.807, 2.05) is 35.0 Å². The highest BCUT2D eigenvalue weighted by atomic mass is 32.1. The minimum absolute atomic E-state index is 0.00122. The summed E-state index contributed by atoms with van der Waals surface area (Å²) >= 11 is 1.53. The molecule has 0 aliphatic carbocycles. The third-order valence-corrected chi connectivity index (χ3v) is 4.69. The summed E-state index contributed by atoms with van der Waals surface area (Å²) in [6.07, 6.45) is 0.926. The van der Waals surface area contributed by atoms with Crippen molar-refractivity contribution in [3.05, 3.63) is 40.6 Å². The lowest BCUT2D eigenvalue weighted by Gasteiger charge is -2.20. The molecule has 2 heterocycles. The molecule has 1 aliphatic heterocycles. The van der Waals surface area contributed by atoms with E-state index < -0.39 is 0 Å². The van der Waals surface area contributed by atoms with Gasteiger partial charge in [-0.1, -0.05) is 0 Å². The maximum Gasteiger partial charge on any atom is 0.252 e. The number of benzene rings is 1. The largest absolute Gasteiger partial charge is 0.497 e. The van der Waals surface area contributed by atoms with E-state index in [2.05, 4.69) is 10.2 Å². The molecule has 1 aromatic heterocycles. The topological polar surface area (TPSA) is 50.8 Å². The van der Waals surface area contributed by atoms with E-state index in [1.54, 1.807) is 14.2 Å². The van der Waals surface area contributed by atoms with E-state index >= 15 is 0 Å². The van der Waals surface area contributed by atoms with Crippen LogP contribution in [-0.2, 0) is 0 Å². The average Bonchev–Trinajstić information content (AvgIpc) is 3.26. The number of hydrogen-bond acceptors (Lipinski definition) is 5. The molecule has 1 aromatic carbocycles. The molecule has 1 atom stereocenters. The second kappa shape index (κ2) is 6.91. The molecule has 1 fully saturated rings. The molecule has 122 valence electrons. The summed E-state index contributed by atoms with van der Waals surface area (Å²) in [5.41, 5.74) is 1.78. The van der Waals surface area contributed by atoms with Gasteiger partial charge in [-0.2, -0.15) is 11.3 Å². The molecular weight excluding hydrogens is 312 g/mol. The second-order valence-corrected chi connectivity index (χ2v) is 6.27. The Kier molecular flexibility index (Phi) is 4.71. The summed E-state index contributed by atoms with van der Waals surface area (Å²) in [5.74, 6) is 1.54. The summed E-state index contributed by atoms with van der Waals surface area (Å²) in [6, 6.07) is 7.84. The van der Waals surface area contributed by atoms with Gasteiger partial charge in [0.05, 0.1) is 14.2 Å². The van der Waals surface area contributed by atoms with Gasteiger partial charge < -0.3 is 19.7 Å². The predicted molar refractivity (Wildman–Crippen MR) is 91.9 cm³/mol. The average molecular weight is 332 g/mol. The molecule has 0 radical (unpaired) electrons. The maximum atomic E-state index is 12.1. The third-order valence-electron chi connectivity index (χ3n) is 4.01. The fraction of sp³-hybridized carbons (Fsp3) is 0.353.